The number of rotatable bonds is 5. The van der Waals surface area contributed by atoms with Crippen molar-refractivity contribution in [2.45, 2.75) is 87.4 Å². The summed E-state index contributed by atoms with van der Waals surface area (Å²) in [5, 5.41) is 3.06. The minimum atomic E-state index is -0.195. The Bertz CT molecular complexity index is 1130. The molecule has 0 amide bonds. The number of morpholine rings is 1. The zero-order chi connectivity index (χ0) is 25.6. The molecule has 2 aromatic rings. The van der Waals surface area contributed by atoms with Crippen molar-refractivity contribution in [3.05, 3.63) is 48.5 Å². The Hall–Kier alpha value is -0.340. The second kappa shape index (κ2) is 11.2. The third-order valence-corrected chi connectivity index (χ3v) is 16.5. The van der Waals surface area contributed by atoms with Gasteiger partial charge in [0.1, 0.15) is 0 Å². The van der Waals surface area contributed by atoms with E-state index in [1.807, 2.05) is 5.30 Å². The molecule has 9 fully saturated rings. The van der Waals surface area contributed by atoms with Gasteiger partial charge in [0, 0.05) is 18.8 Å². The Morgan fingerprint density at radius 3 is 1.51 bits per heavy atom. The Kier molecular flexibility index (Phi) is 8.04. The summed E-state index contributed by atoms with van der Waals surface area (Å²) in [6.07, 6.45) is 18.8. The number of halogens is 1. The molecule has 2 nitrogen and oxygen atoms in total. The van der Waals surface area contributed by atoms with Gasteiger partial charge in [-0.05, 0) is 151 Å². The molecule has 2 aromatic carbocycles. The van der Waals surface area contributed by atoms with Crippen LogP contribution in [0.25, 0.3) is 11.1 Å². The third-order valence-electron chi connectivity index (χ3n) is 12.7. The van der Waals surface area contributed by atoms with E-state index in [1.54, 1.807) is 82.6 Å². The third kappa shape index (κ3) is 4.94. The predicted octanol–water partition coefficient (Wildman–Crippen LogP) is 5.24. The fourth-order valence-electron chi connectivity index (χ4n) is 12.3. The second-order valence-electron chi connectivity index (χ2n) is 15.3. The van der Waals surface area contributed by atoms with Gasteiger partial charge in [-0.2, -0.15) is 0 Å². The second-order valence-corrected chi connectivity index (χ2v) is 18.3. The Morgan fingerprint density at radius 2 is 1.05 bits per heavy atom. The number of ether oxygens (including phenoxy) is 1. The Morgan fingerprint density at radius 1 is 0.610 bits per heavy atom. The van der Waals surface area contributed by atoms with Gasteiger partial charge < -0.3 is 22.0 Å². The van der Waals surface area contributed by atoms with Crippen LogP contribution in [0.5, 0.6) is 0 Å². The summed E-state index contributed by atoms with van der Waals surface area (Å²) in [6, 6.07) is 19.6. The first kappa shape index (κ1) is 29.4. The van der Waals surface area contributed by atoms with E-state index in [4.69, 9.17) is 4.74 Å². The van der Waals surface area contributed by atoms with E-state index in [0.29, 0.717) is 10.3 Å². The van der Waals surface area contributed by atoms with E-state index in [2.05, 4.69) is 53.4 Å². The molecule has 5 heteroatoms. The maximum absolute atomic E-state index is 5.62. The monoisotopic (exact) mass is 771 g/mol. The molecule has 9 aliphatic rings. The summed E-state index contributed by atoms with van der Waals surface area (Å²) in [5.41, 5.74) is 4.41. The zero-order valence-corrected chi connectivity index (χ0v) is 28.2. The van der Waals surface area contributed by atoms with Crippen LogP contribution >= 0.6 is 7.92 Å². The Balaban J connectivity index is 0.00000138. The molecule has 0 aromatic heterocycles. The summed E-state index contributed by atoms with van der Waals surface area (Å²) in [7, 11) is -0.195. The van der Waals surface area contributed by atoms with Gasteiger partial charge >= 0.3 is 22.4 Å². The standard InChI is InChI=1S/C36H46NOP.Au.ClH/c1-2-4-34(33(3-1)31-5-7-32(8-6-31)37-9-11-38-12-10-37)39(35-19-25-13-26(20-35)15-27(14-25)21-35)36-22-28-16-29(23-36)18-30(17-28)24-36;;/h1-8,25-30H,9-24H2;;1H/q;+1;/p-1. The van der Waals surface area contributed by atoms with Crippen LogP contribution < -0.4 is 22.6 Å². The molecular formula is C36H46AuClNOP. The van der Waals surface area contributed by atoms with Crippen LogP contribution in [-0.2, 0) is 27.1 Å². The topological polar surface area (TPSA) is 12.5 Å². The van der Waals surface area contributed by atoms with E-state index in [0.717, 1.165) is 61.8 Å². The van der Waals surface area contributed by atoms with E-state index >= 15 is 0 Å². The van der Waals surface area contributed by atoms with Crippen LogP contribution in [0, 0.1) is 35.5 Å². The molecule has 0 radical (unpaired) electrons. The van der Waals surface area contributed by atoms with Crippen molar-refractivity contribution in [3.8, 4) is 11.1 Å². The normalized spacial score (nSPS) is 40.6. The van der Waals surface area contributed by atoms with Crippen LogP contribution in [0.2, 0.25) is 0 Å². The molecule has 1 heterocycles. The average molecular weight is 772 g/mol. The van der Waals surface area contributed by atoms with Gasteiger partial charge in [-0.3, -0.25) is 0 Å². The minimum absolute atomic E-state index is 0. The molecule has 41 heavy (non-hydrogen) atoms. The van der Waals surface area contributed by atoms with E-state index in [-0.39, 0.29) is 42.7 Å². The zero-order valence-electron chi connectivity index (χ0n) is 24.4. The van der Waals surface area contributed by atoms with E-state index < -0.39 is 0 Å². The fourth-order valence-corrected chi connectivity index (χ4v) is 17.6. The van der Waals surface area contributed by atoms with Gasteiger partial charge in [-0.1, -0.05) is 44.3 Å². The van der Waals surface area contributed by atoms with Crippen LogP contribution in [0.3, 0.4) is 0 Å². The summed E-state index contributed by atoms with van der Waals surface area (Å²) in [6.45, 7) is 3.73. The minimum Gasteiger partial charge on any atom is -1.00 e. The summed E-state index contributed by atoms with van der Waals surface area (Å²) >= 11 is 0. The number of anilines is 1. The first-order chi connectivity index (χ1) is 19.1. The number of nitrogens with zero attached hydrogens (tertiary/aromatic N) is 1. The largest absolute Gasteiger partial charge is 1.00 e. The SMILES string of the molecule is [Au+].[Cl-].c1ccc(P(C23CC4CC(CC(C4)C2)C3)C23CC4CC(CC(C4)C2)C3)c(-c2ccc(N3CCOCC3)cc2)c1. The summed E-state index contributed by atoms with van der Waals surface area (Å²) < 4.78 is 5.62. The van der Waals surface area contributed by atoms with Crippen molar-refractivity contribution in [3.63, 3.8) is 0 Å². The van der Waals surface area contributed by atoms with Crippen molar-refractivity contribution >= 4 is 18.9 Å². The smallest absolute Gasteiger partial charge is 1.00 e. The van der Waals surface area contributed by atoms with Gasteiger partial charge in [-0.25, -0.2) is 0 Å². The first-order valence-corrected chi connectivity index (χ1v) is 17.8. The molecule has 224 valence electrons. The van der Waals surface area contributed by atoms with Crippen LogP contribution in [0.15, 0.2) is 48.5 Å². The van der Waals surface area contributed by atoms with Crippen LogP contribution in [0.4, 0.5) is 5.69 Å². The van der Waals surface area contributed by atoms with E-state index in [1.165, 1.54) is 11.3 Å². The van der Waals surface area contributed by atoms with Gasteiger partial charge in [0.05, 0.1) is 13.2 Å². The quantitative estimate of drug-likeness (QED) is 0.305. The molecule has 1 saturated heterocycles. The van der Waals surface area contributed by atoms with Gasteiger partial charge in [0.2, 0.25) is 0 Å². The molecule has 8 bridgehead atoms. The van der Waals surface area contributed by atoms with Crippen molar-refractivity contribution in [2.75, 3.05) is 31.2 Å². The maximum Gasteiger partial charge on any atom is 1.00 e. The van der Waals surface area contributed by atoms with Crippen molar-refractivity contribution in [1.82, 2.24) is 0 Å². The first-order valence-electron chi connectivity index (χ1n) is 16.5. The molecule has 0 atom stereocenters. The maximum atomic E-state index is 5.62. The van der Waals surface area contributed by atoms with Gasteiger partial charge in [0.15, 0.2) is 0 Å². The van der Waals surface area contributed by atoms with E-state index in [9.17, 15) is 0 Å². The van der Waals surface area contributed by atoms with Crippen LogP contribution in [0.1, 0.15) is 77.0 Å². The molecule has 1 aliphatic heterocycles. The molecule has 0 unspecified atom stereocenters. The van der Waals surface area contributed by atoms with Crippen LogP contribution in [-0.4, -0.2) is 36.6 Å². The summed E-state index contributed by atoms with van der Waals surface area (Å²) in [5.74, 6) is 6.22. The van der Waals surface area contributed by atoms with Crippen molar-refractivity contribution < 1.29 is 39.5 Å². The average Bonchev–Trinajstić information content (AvgIpc) is 2.92. The Labute approximate surface area is 270 Å². The number of hydrogen-bond acceptors (Lipinski definition) is 2. The molecule has 8 aliphatic carbocycles. The summed E-state index contributed by atoms with van der Waals surface area (Å²) in [4.78, 5) is 2.50. The molecule has 0 spiro atoms. The van der Waals surface area contributed by atoms with Gasteiger partial charge in [0.25, 0.3) is 0 Å². The molecule has 11 rings (SSSR count). The van der Waals surface area contributed by atoms with Crippen molar-refractivity contribution in [2.24, 2.45) is 35.5 Å². The molecule has 8 saturated carbocycles. The molecule has 0 N–H and O–H groups in total. The van der Waals surface area contributed by atoms with Crippen molar-refractivity contribution in [1.29, 1.82) is 0 Å². The molecular weight excluding hydrogens is 726 g/mol. The van der Waals surface area contributed by atoms with Gasteiger partial charge in [-0.15, -0.1) is 0 Å². The fraction of sp³-hybridized carbons (Fsp3) is 0.667. The predicted molar refractivity (Wildman–Crippen MR) is 163 cm³/mol. The number of hydrogen-bond donors (Lipinski definition) is 0. The number of benzene rings is 2.